The van der Waals surface area contributed by atoms with E-state index >= 15 is 0 Å². The molecule has 11 heteroatoms. The van der Waals surface area contributed by atoms with Crippen molar-refractivity contribution >= 4 is 58.6 Å². The average molecular weight is 546 g/mol. The van der Waals surface area contributed by atoms with Gasteiger partial charge in [-0.15, -0.1) is 35.3 Å². The van der Waals surface area contributed by atoms with E-state index in [2.05, 4.69) is 14.9 Å². The Hall–Kier alpha value is -1.27. The highest BCUT2D eigenvalue weighted by Gasteiger charge is 2.33. The predicted molar refractivity (Wildman–Crippen MR) is 118 cm³/mol. The van der Waals surface area contributed by atoms with Gasteiger partial charge < -0.3 is 15.5 Å². The van der Waals surface area contributed by atoms with Gasteiger partial charge in [-0.2, -0.15) is 13.2 Å². The number of hydrogen-bond acceptors (Lipinski definition) is 4. The minimum atomic E-state index is -4.40. The van der Waals surface area contributed by atoms with Gasteiger partial charge in [-0.25, -0.2) is 4.98 Å². The van der Waals surface area contributed by atoms with Crippen LogP contribution in [0, 0.1) is 0 Å². The Bertz CT molecular complexity index is 789. The number of halogens is 5. The molecule has 2 N–H and O–H groups in total. The molecule has 2 aromatic rings. The number of anilines is 1. The molecule has 0 aliphatic carbocycles. The number of nitrogens with zero attached hydrogens (tertiary/aromatic N) is 4. The first kappa shape index (κ1) is 23.0. The Kier molecular flexibility index (Phi) is 8.19. The van der Waals surface area contributed by atoms with Crippen molar-refractivity contribution in [3.8, 4) is 0 Å². The van der Waals surface area contributed by atoms with Crippen LogP contribution in [0.1, 0.15) is 10.7 Å². The zero-order valence-electron chi connectivity index (χ0n) is 14.8. The molecular formula is C17H20ClF3IN5S. The van der Waals surface area contributed by atoms with Crippen LogP contribution >= 0.6 is 46.9 Å². The van der Waals surface area contributed by atoms with Crippen molar-refractivity contribution in [1.82, 2.24) is 9.88 Å². The standard InChI is InChI=1S/C17H19ClF3N5S.HI/c18-12-1-3-13(4-2-12)25-7-9-26(10-8-25)16(22)23-6-5-15-24-14(11-27-15)17(19,20)21;/h1-4,11H,5-10H2,(H2,22,23);1H. The Labute approximate surface area is 187 Å². The third-order valence-electron chi connectivity index (χ3n) is 4.24. The molecule has 1 aromatic carbocycles. The van der Waals surface area contributed by atoms with Gasteiger partial charge in [0.2, 0.25) is 0 Å². The molecule has 0 saturated carbocycles. The summed E-state index contributed by atoms with van der Waals surface area (Å²) in [6, 6.07) is 7.70. The fraction of sp³-hybridized carbons (Fsp3) is 0.412. The molecular weight excluding hydrogens is 526 g/mol. The number of guanidine groups is 1. The smallest absolute Gasteiger partial charge is 0.370 e. The van der Waals surface area contributed by atoms with Gasteiger partial charge in [0.25, 0.3) is 0 Å². The second kappa shape index (κ2) is 9.97. The molecule has 154 valence electrons. The van der Waals surface area contributed by atoms with Gasteiger partial charge in [-0.05, 0) is 24.3 Å². The Morgan fingerprint density at radius 2 is 1.82 bits per heavy atom. The number of hydrogen-bond donors (Lipinski definition) is 1. The van der Waals surface area contributed by atoms with Crippen molar-refractivity contribution in [3.63, 3.8) is 0 Å². The van der Waals surface area contributed by atoms with Crippen LogP contribution in [-0.4, -0.2) is 48.6 Å². The lowest BCUT2D eigenvalue weighted by Gasteiger charge is -2.36. The number of piperazine rings is 1. The van der Waals surface area contributed by atoms with Crippen LogP contribution in [0.4, 0.5) is 18.9 Å². The van der Waals surface area contributed by atoms with E-state index in [4.69, 9.17) is 17.3 Å². The van der Waals surface area contributed by atoms with Crippen LogP contribution in [0.3, 0.4) is 0 Å². The summed E-state index contributed by atoms with van der Waals surface area (Å²) in [5.74, 6) is 0.415. The zero-order valence-corrected chi connectivity index (χ0v) is 18.7. The van der Waals surface area contributed by atoms with Gasteiger partial charge in [-0.1, -0.05) is 11.6 Å². The van der Waals surface area contributed by atoms with Crippen LogP contribution in [0.15, 0.2) is 34.6 Å². The van der Waals surface area contributed by atoms with Crippen molar-refractivity contribution < 1.29 is 13.2 Å². The summed E-state index contributed by atoms with van der Waals surface area (Å²) in [4.78, 5) is 12.1. The molecule has 3 rings (SSSR count). The van der Waals surface area contributed by atoms with E-state index in [-0.39, 0.29) is 24.0 Å². The maximum absolute atomic E-state index is 12.5. The number of benzene rings is 1. The predicted octanol–water partition coefficient (Wildman–Crippen LogP) is 4.11. The first-order valence-corrected chi connectivity index (χ1v) is 9.65. The third kappa shape index (κ3) is 6.11. The number of nitrogens with two attached hydrogens (primary N) is 1. The largest absolute Gasteiger partial charge is 0.434 e. The molecule has 1 aliphatic heterocycles. The Morgan fingerprint density at radius 3 is 2.39 bits per heavy atom. The first-order chi connectivity index (χ1) is 12.8. The van der Waals surface area contributed by atoms with E-state index in [1.165, 1.54) is 0 Å². The third-order valence-corrected chi connectivity index (χ3v) is 5.40. The second-order valence-corrected chi connectivity index (χ2v) is 7.44. The molecule has 1 aromatic heterocycles. The maximum atomic E-state index is 12.5. The number of alkyl halides is 3. The lowest BCUT2D eigenvalue weighted by Crippen LogP contribution is -2.51. The molecule has 0 unspecified atom stereocenters. The van der Waals surface area contributed by atoms with Gasteiger partial charge >= 0.3 is 6.18 Å². The molecule has 1 fully saturated rings. The van der Waals surface area contributed by atoms with E-state index in [1.54, 1.807) is 0 Å². The van der Waals surface area contributed by atoms with Gasteiger partial charge in [-0.3, -0.25) is 4.99 Å². The highest BCUT2D eigenvalue weighted by Crippen LogP contribution is 2.30. The van der Waals surface area contributed by atoms with Crippen LogP contribution in [0.2, 0.25) is 5.02 Å². The average Bonchev–Trinajstić information content (AvgIpc) is 3.12. The van der Waals surface area contributed by atoms with Crippen molar-refractivity contribution in [3.05, 3.63) is 45.4 Å². The molecule has 0 spiro atoms. The molecule has 0 atom stereocenters. The normalized spacial score (nSPS) is 15.5. The lowest BCUT2D eigenvalue weighted by atomic mass is 10.2. The van der Waals surface area contributed by atoms with E-state index in [0.29, 0.717) is 29.0 Å². The summed E-state index contributed by atoms with van der Waals surface area (Å²) in [6.45, 7) is 3.38. The molecule has 1 aliphatic rings. The summed E-state index contributed by atoms with van der Waals surface area (Å²) in [5.41, 5.74) is 6.29. The van der Waals surface area contributed by atoms with Crippen LogP contribution in [-0.2, 0) is 12.6 Å². The summed E-state index contributed by atoms with van der Waals surface area (Å²) in [6.07, 6.45) is -4.06. The van der Waals surface area contributed by atoms with E-state index in [0.717, 1.165) is 48.6 Å². The summed E-state index contributed by atoms with van der Waals surface area (Å²) in [7, 11) is 0. The van der Waals surface area contributed by atoms with Crippen molar-refractivity contribution in [2.24, 2.45) is 10.7 Å². The topological polar surface area (TPSA) is 57.8 Å². The van der Waals surface area contributed by atoms with Crippen LogP contribution < -0.4 is 10.6 Å². The van der Waals surface area contributed by atoms with Crippen molar-refractivity contribution in [2.45, 2.75) is 12.6 Å². The SMILES string of the molecule is I.NC(=NCCc1nc(C(F)(F)F)cs1)N1CCN(c2ccc(Cl)cc2)CC1. The Balaban J connectivity index is 0.00000280. The van der Waals surface area contributed by atoms with E-state index in [9.17, 15) is 13.2 Å². The van der Waals surface area contributed by atoms with E-state index in [1.807, 2.05) is 29.2 Å². The second-order valence-electron chi connectivity index (χ2n) is 6.06. The highest BCUT2D eigenvalue weighted by atomic mass is 127. The zero-order chi connectivity index (χ0) is 19.4. The molecule has 0 amide bonds. The lowest BCUT2D eigenvalue weighted by molar-refractivity contribution is -0.140. The monoisotopic (exact) mass is 545 g/mol. The molecule has 28 heavy (non-hydrogen) atoms. The molecule has 0 radical (unpaired) electrons. The summed E-state index contributed by atoms with van der Waals surface area (Å²) < 4.78 is 37.6. The minimum absolute atomic E-state index is 0. The quantitative estimate of drug-likeness (QED) is 0.357. The molecule has 1 saturated heterocycles. The number of aliphatic imine (C=N–C) groups is 1. The van der Waals surface area contributed by atoms with Gasteiger partial charge in [0.15, 0.2) is 11.7 Å². The van der Waals surface area contributed by atoms with Crippen molar-refractivity contribution in [1.29, 1.82) is 0 Å². The minimum Gasteiger partial charge on any atom is -0.370 e. The molecule has 2 heterocycles. The molecule has 0 bridgehead atoms. The summed E-state index contributed by atoms with van der Waals surface area (Å²) in [5, 5.41) is 2.14. The fourth-order valence-electron chi connectivity index (χ4n) is 2.77. The molecule has 5 nitrogen and oxygen atoms in total. The fourth-order valence-corrected chi connectivity index (χ4v) is 3.69. The highest BCUT2D eigenvalue weighted by molar-refractivity contribution is 14.0. The number of rotatable bonds is 4. The van der Waals surface area contributed by atoms with Crippen molar-refractivity contribution in [2.75, 3.05) is 37.6 Å². The van der Waals surface area contributed by atoms with Gasteiger partial charge in [0.05, 0.1) is 5.01 Å². The Morgan fingerprint density at radius 1 is 1.18 bits per heavy atom. The maximum Gasteiger partial charge on any atom is 0.434 e. The van der Waals surface area contributed by atoms with Crippen LogP contribution in [0.25, 0.3) is 0 Å². The number of thiazole rings is 1. The first-order valence-electron chi connectivity index (χ1n) is 8.40. The number of aromatic nitrogens is 1. The van der Waals surface area contributed by atoms with Gasteiger partial charge in [0, 0.05) is 55.2 Å². The van der Waals surface area contributed by atoms with Gasteiger partial charge in [0.1, 0.15) is 0 Å². The summed E-state index contributed by atoms with van der Waals surface area (Å²) >= 11 is 6.90. The van der Waals surface area contributed by atoms with E-state index < -0.39 is 11.9 Å². The van der Waals surface area contributed by atoms with Crippen LogP contribution in [0.5, 0.6) is 0 Å².